The molecular formula is C11H22N2O3S. The number of rotatable bonds is 6. The van der Waals surface area contributed by atoms with Crippen LogP contribution in [0.25, 0.3) is 0 Å². The van der Waals surface area contributed by atoms with Crippen molar-refractivity contribution in [1.82, 2.24) is 10.6 Å². The van der Waals surface area contributed by atoms with Crippen LogP contribution in [-0.2, 0) is 14.6 Å². The monoisotopic (exact) mass is 262 g/mol. The first-order valence-corrected chi connectivity index (χ1v) is 7.89. The maximum Gasteiger partial charge on any atom is 0.224 e. The third kappa shape index (κ3) is 4.27. The van der Waals surface area contributed by atoms with Crippen LogP contribution < -0.4 is 10.6 Å². The van der Waals surface area contributed by atoms with Crippen molar-refractivity contribution in [3.63, 3.8) is 0 Å². The number of hydrogen-bond acceptors (Lipinski definition) is 4. The lowest BCUT2D eigenvalue weighted by atomic mass is 10.1. The van der Waals surface area contributed by atoms with Crippen LogP contribution in [0.2, 0.25) is 0 Å². The van der Waals surface area contributed by atoms with E-state index in [1.807, 2.05) is 13.8 Å². The molecule has 2 N–H and O–H groups in total. The summed E-state index contributed by atoms with van der Waals surface area (Å²) in [5, 5.41) is 5.45. The molecule has 6 heteroatoms. The first-order chi connectivity index (χ1) is 7.97. The number of amides is 1. The lowest BCUT2D eigenvalue weighted by Crippen LogP contribution is -2.40. The Kier molecular flexibility index (Phi) is 5.39. The molecule has 0 aromatic carbocycles. The zero-order valence-electron chi connectivity index (χ0n) is 10.5. The minimum Gasteiger partial charge on any atom is -0.355 e. The standard InChI is InChI=1S/C11H22N2O3S/c1-3-12-7-9(2)11(14)13-8-10-5-4-6-17(10,15)16/h9-10,12H,3-8H2,1-2H3,(H,13,14). The van der Waals surface area contributed by atoms with Crippen LogP contribution in [0.15, 0.2) is 0 Å². The predicted octanol–water partition coefficient (Wildman–Crippen LogP) is -0.0746. The molecule has 0 aromatic heterocycles. The SMILES string of the molecule is CCNCC(C)C(=O)NCC1CCCS1(=O)=O. The Bertz CT molecular complexity index is 354. The van der Waals surface area contributed by atoms with Crippen LogP contribution in [0.1, 0.15) is 26.7 Å². The van der Waals surface area contributed by atoms with E-state index in [-0.39, 0.29) is 29.4 Å². The van der Waals surface area contributed by atoms with Crippen molar-refractivity contribution in [1.29, 1.82) is 0 Å². The minimum absolute atomic E-state index is 0.0759. The molecule has 1 aliphatic rings. The number of sulfone groups is 1. The van der Waals surface area contributed by atoms with Crippen molar-refractivity contribution in [3.05, 3.63) is 0 Å². The summed E-state index contributed by atoms with van der Waals surface area (Å²) in [6.45, 7) is 5.53. The minimum atomic E-state index is -2.96. The highest BCUT2D eigenvalue weighted by molar-refractivity contribution is 7.92. The lowest BCUT2D eigenvalue weighted by Gasteiger charge is -2.15. The molecule has 1 aliphatic heterocycles. The van der Waals surface area contributed by atoms with E-state index in [0.717, 1.165) is 13.0 Å². The zero-order valence-corrected chi connectivity index (χ0v) is 11.3. The molecular weight excluding hydrogens is 240 g/mol. The summed E-state index contributed by atoms with van der Waals surface area (Å²) >= 11 is 0. The van der Waals surface area contributed by atoms with Crippen LogP contribution in [-0.4, -0.2) is 45.0 Å². The highest BCUT2D eigenvalue weighted by Crippen LogP contribution is 2.19. The highest BCUT2D eigenvalue weighted by atomic mass is 32.2. The predicted molar refractivity (Wildman–Crippen MR) is 67.5 cm³/mol. The second-order valence-electron chi connectivity index (χ2n) is 4.59. The van der Waals surface area contributed by atoms with Crippen LogP contribution in [0, 0.1) is 5.92 Å². The Morgan fingerprint density at radius 3 is 2.71 bits per heavy atom. The Morgan fingerprint density at radius 2 is 2.18 bits per heavy atom. The van der Waals surface area contributed by atoms with Gasteiger partial charge in [0.2, 0.25) is 5.91 Å². The zero-order chi connectivity index (χ0) is 12.9. The van der Waals surface area contributed by atoms with Gasteiger partial charge in [-0.3, -0.25) is 4.79 Å². The van der Waals surface area contributed by atoms with Gasteiger partial charge >= 0.3 is 0 Å². The second kappa shape index (κ2) is 6.35. The highest BCUT2D eigenvalue weighted by Gasteiger charge is 2.31. The number of hydrogen-bond donors (Lipinski definition) is 2. The molecule has 0 aromatic rings. The molecule has 0 spiro atoms. The molecule has 1 heterocycles. The van der Waals surface area contributed by atoms with E-state index in [9.17, 15) is 13.2 Å². The Balaban J connectivity index is 2.33. The topological polar surface area (TPSA) is 75.3 Å². The van der Waals surface area contributed by atoms with Gasteiger partial charge in [0.1, 0.15) is 0 Å². The lowest BCUT2D eigenvalue weighted by molar-refractivity contribution is -0.124. The summed E-state index contributed by atoms with van der Waals surface area (Å²) in [6.07, 6.45) is 1.39. The molecule has 17 heavy (non-hydrogen) atoms. The fraction of sp³-hybridized carbons (Fsp3) is 0.909. The van der Waals surface area contributed by atoms with E-state index in [4.69, 9.17) is 0 Å². The van der Waals surface area contributed by atoms with E-state index in [2.05, 4.69) is 10.6 Å². The van der Waals surface area contributed by atoms with Gasteiger partial charge in [-0.15, -0.1) is 0 Å². The summed E-state index contributed by atoms with van der Waals surface area (Å²) in [7, 11) is -2.96. The molecule has 0 aliphatic carbocycles. The van der Waals surface area contributed by atoms with Gasteiger partial charge in [-0.1, -0.05) is 13.8 Å². The first kappa shape index (κ1) is 14.4. The number of carbonyl (C=O) groups is 1. The van der Waals surface area contributed by atoms with Crippen molar-refractivity contribution in [2.24, 2.45) is 5.92 Å². The molecule has 5 nitrogen and oxygen atoms in total. The van der Waals surface area contributed by atoms with Crippen molar-refractivity contribution in [2.75, 3.05) is 25.4 Å². The van der Waals surface area contributed by atoms with E-state index in [0.29, 0.717) is 13.0 Å². The van der Waals surface area contributed by atoms with Crippen molar-refractivity contribution < 1.29 is 13.2 Å². The normalized spacial score (nSPS) is 24.5. The van der Waals surface area contributed by atoms with Crippen molar-refractivity contribution >= 4 is 15.7 Å². The van der Waals surface area contributed by atoms with Crippen LogP contribution >= 0.6 is 0 Å². The van der Waals surface area contributed by atoms with Gasteiger partial charge < -0.3 is 10.6 Å². The van der Waals surface area contributed by atoms with Gasteiger partial charge in [-0.05, 0) is 19.4 Å². The average molecular weight is 262 g/mol. The van der Waals surface area contributed by atoms with E-state index < -0.39 is 9.84 Å². The molecule has 1 fully saturated rings. The number of nitrogens with one attached hydrogen (secondary N) is 2. The van der Waals surface area contributed by atoms with Gasteiger partial charge in [0.25, 0.3) is 0 Å². The van der Waals surface area contributed by atoms with Crippen LogP contribution in [0.4, 0.5) is 0 Å². The average Bonchev–Trinajstić information content (AvgIpc) is 2.62. The first-order valence-electron chi connectivity index (χ1n) is 6.17. The third-order valence-corrected chi connectivity index (χ3v) is 5.39. The third-order valence-electron chi connectivity index (χ3n) is 3.11. The maximum atomic E-state index is 11.7. The molecule has 1 rings (SSSR count). The van der Waals surface area contributed by atoms with Gasteiger partial charge in [-0.2, -0.15) is 0 Å². The smallest absolute Gasteiger partial charge is 0.224 e. The summed E-state index contributed by atoms with van der Waals surface area (Å²) in [6, 6.07) is 0. The van der Waals surface area contributed by atoms with E-state index >= 15 is 0 Å². The van der Waals surface area contributed by atoms with Crippen molar-refractivity contribution in [2.45, 2.75) is 31.9 Å². The quantitative estimate of drug-likeness (QED) is 0.702. The van der Waals surface area contributed by atoms with Gasteiger partial charge in [0.15, 0.2) is 9.84 Å². The van der Waals surface area contributed by atoms with E-state index in [1.165, 1.54) is 0 Å². The van der Waals surface area contributed by atoms with Gasteiger partial charge in [-0.25, -0.2) is 8.42 Å². The van der Waals surface area contributed by atoms with Gasteiger partial charge in [0, 0.05) is 19.0 Å². The molecule has 2 unspecified atom stereocenters. The van der Waals surface area contributed by atoms with Crippen molar-refractivity contribution in [3.8, 4) is 0 Å². The maximum absolute atomic E-state index is 11.7. The molecule has 1 amide bonds. The molecule has 100 valence electrons. The largest absolute Gasteiger partial charge is 0.355 e. The molecule has 0 saturated carbocycles. The molecule has 1 saturated heterocycles. The molecule has 0 radical (unpaired) electrons. The molecule has 0 bridgehead atoms. The summed E-state index contributed by atoms with van der Waals surface area (Å²) in [5.41, 5.74) is 0. The Morgan fingerprint density at radius 1 is 1.47 bits per heavy atom. The molecule has 2 atom stereocenters. The van der Waals surface area contributed by atoms with Gasteiger partial charge in [0.05, 0.1) is 11.0 Å². The Labute approximate surface area is 103 Å². The summed E-state index contributed by atoms with van der Waals surface area (Å²) in [4.78, 5) is 11.7. The fourth-order valence-electron chi connectivity index (χ4n) is 1.93. The van der Waals surface area contributed by atoms with E-state index in [1.54, 1.807) is 0 Å². The second-order valence-corrected chi connectivity index (χ2v) is 6.99. The van der Waals surface area contributed by atoms with Crippen LogP contribution in [0.3, 0.4) is 0 Å². The van der Waals surface area contributed by atoms with Crippen LogP contribution in [0.5, 0.6) is 0 Å². The Hall–Kier alpha value is -0.620. The fourth-order valence-corrected chi connectivity index (χ4v) is 3.70. The number of carbonyl (C=O) groups excluding carboxylic acids is 1. The summed E-state index contributed by atoms with van der Waals surface area (Å²) < 4.78 is 23.1. The summed E-state index contributed by atoms with van der Waals surface area (Å²) in [5.74, 6) is 0.0626.